The number of likely N-dealkylation sites (tertiary alicyclic amines) is 1. The maximum Gasteiger partial charge on any atom is 0.255 e. The molecule has 0 spiro atoms. The number of nitrogens with one attached hydrogen (secondary N) is 2. The number of rotatable bonds is 8. The van der Waals surface area contributed by atoms with Crippen molar-refractivity contribution in [2.45, 2.75) is 37.6 Å². The van der Waals surface area contributed by atoms with Gasteiger partial charge in [-0.15, -0.1) is 0 Å². The lowest BCUT2D eigenvalue weighted by molar-refractivity contribution is -0.126. The summed E-state index contributed by atoms with van der Waals surface area (Å²) in [5.74, 6) is -0.348. The Kier molecular flexibility index (Phi) is 8.62. The highest BCUT2D eigenvalue weighted by atomic mass is 79.9. The molecule has 1 fully saturated rings. The average molecular weight is 490 g/mol. The summed E-state index contributed by atoms with van der Waals surface area (Å²) in [5.41, 5.74) is 0.282. The van der Waals surface area contributed by atoms with Crippen LogP contribution in [-0.2, 0) is 19.6 Å². The molecule has 0 unspecified atom stereocenters. The molecular weight excluding hydrogens is 462 g/mol. The van der Waals surface area contributed by atoms with Crippen LogP contribution in [0.1, 0.15) is 37.0 Å². The summed E-state index contributed by atoms with van der Waals surface area (Å²) in [6, 6.07) is 4.46. The van der Waals surface area contributed by atoms with Crippen LogP contribution in [0.2, 0.25) is 0 Å². The SMILES string of the molecule is COCCNS(=O)(=O)c1ccc(Br)c(C(=O)N2CCC(C(=O)NC(C)C)CC2)c1. The van der Waals surface area contributed by atoms with Gasteiger partial charge in [0, 0.05) is 43.2 Å². The van der Waals surface area contributed by atoms with Gasteiger partial charge in [0.15, 0.2) is 0 Å². The third-order valence-electron chi connectivity index (χ3n) is 4.66. The van der Waals surface area contributed by atoms with Crippen molar-refractivity contribution < 1.29 is 22.7 Å². The molecule has 10 heteroatoms. The van der Waals surface area contributed by atoms with E-state index in [4.69, 9.17) is 4.74 Å². The first-order valence-corrected chi connectivity index (χ1v) is 11.8. The summed E-state index contributed by atoms with van der Waals surface area (Å²) in [4.78, 5) is 26.8. The number of amides is 2. The van der Waals surface area contributed by atoms with Crippen molar-refractivity contribution in [1.82, 2.24) is 14.9 Å². The first-order valence-electron chi connectivity index (χ1n) is 9.53. The average Bonchev–Trinajstić information content (AvgIpc) is 2.67. The van der Waals surface area contributed by atoms with Gasteiger partial charge in [-0.3, -0.25) is 9.59 Å². The maximum absolute atomic E-state index is 13.0. The highest BCUT2D eigenvalue weighted by molar-refractivity contribution is 9.10. The van der Waals surface area contributed by atoms with Gasteiger partial charge in [0.05, 0.1) is 17.1 Å². The molecule has 1 aromatic carbocycles. The zero-order chi connectivity index (χ0) is 21.6. The van der Waals surface area contributed by atoms with Crippen molar-refractivity contribution in [3.05, 3.63) is 28.2 Å². The number of piperidine rings is 1. The van der Waals surface area contributed by atoms with E-state index in [9.17, 15) is 18.0 Å². The number of methoxy groups -OCH3 is 1. The first-order chi connectivity index (χ1) is 13.7. The molecule has 1 heterocycles. The molecule has 0 aromatic heterocycles. The predicted octanol–water partition coefficient (Wildman–Crippen LogP) is 1.75. The normalized spacial score (nSPS) is 15.6. The fourth-order valence-electron chi connectivity index (χ4n) is 3.11. The smallest absolute Gasteiger partial charge is 0.255 e. The number of sulfonamides is 1. The number of carbonyl (C=O) groups excluding carboxylic acids is 2. The molecule has 0 aliphatic carbocycles. The van der Waals surface area contributed by atoms with Crippen LogP contribution in [0.15, 0.2) is 27.6 Å². The van der Waals surface area contributed by atoms with Crippen LogP contribution in [-0.4, -0.2) is 64.5 Å². The molecule has 8 nitrogen and oxygen atoms in total. The van der Waals surface area contributed by atoms with Crippen molar-refractivity contribution in [3.63, 3.8) is 0 Å². The van der Waals surface area contributed by atoms with Gasteiger partial charge < -0.3 is 15.0 Å². The number of hydrogen-bond acceptors (Lipinski definition) is 5. The van der Waals surface area contributed by atoms with E-state index in [1.165, 1.54) is 19.2 Å². The predicted molar refractivity (Wildman–Crippen MR) is 113 cm³/mol. The van der Waals surface area contributed by atoms with E-state index in [0.29, 0.717) is 30.4 Å². The Morgan fingerprint density at radius 2 is 1.93 bits per heavy atom. The summed E-state index contributed by atoms with van der Waals surface area (Å²) in [7, 11) is -2.26. The molecule has 162 valence electrons. The van der Waals surface area contributed by atoms with Crippen LogP contribution in [0, 0.1) is 5.92 Å². The van der Waals surface area contributed by atoms with Gasteiger partial charge in [-0.25, -0.2) is 13.1 Å². The van der Waals surface area contributed by atoms with Crippen LogP contribution < -0.4 is 10.0 Å². The molecule has 2 N–H and O–H groups in total. The summed E-state index contributed by atoms with van der Waals surface area (Å²) < 4.78 is 32.7. The van der Waals surface area contributed by atoms with E-state index >= 15 is 0 Å². The quantitative estimate of drug-likeness (QED) is 0.541. The second kappa shape index (κ2) is 10.5. The fraction of sp³-hybridized carbons (Fsp3) is 0.579. The Morgan fingerprint density at radius 3 is 2.52 bits per heavy atom. The zero-order valence-electron chi connectivity index (χ0n) is 16.9. The Bertz CT molecular complexity index is 836. The van der Waals surface area contributed by atoms with E-state index in [0.717, 1.165) is 0 Å². The van der Waals surface area contributed by atoms with Gasteiger partial charge in [-0.05, 0) is 60.8 Å². The van der Waals surface area contributed by atoms with Gasteiger partial charge in [0.25, 0.3) is 5.91 Å². The third kappa shape index (κ3) is 6.50. The second-order valence-electron chi connectivity index (χ2n) is 7.26. The molecule has 0 radical (unpaired) electrons. The molecule has 1 aliphatic heterocycles. The molecular formula is C19H28BrN3O5S. The molecule has 1 saturated heterocycles. The number of benzene rings is 1. The van der Waals surface area contributed by atoms with Crippen molar-refractivity contribution in [2.75, 3.05) is 33.4 Å². The van der Waals surface area contributed by atoms with E-state index < -0.39 is 10.0 Å². The fourth-order valence-corrected chi connectivity index (χ4v) is 4.57. The van der Waals surface area contributed by atoms with Gasteiger partial charge in [-0.2, -0.15) is 0 Å². The Hall–Kier alpha value is -1.49. The highest BCUT2D eigenvalue weighted by Gasteiger charge is 2.29. The summed E-state index contributed by atoms with van der Waals surface area (Å²) in [5, 5.41) is 2.91. The highest BCUT2D eigenvalue weighted by Crippen LogP contribution is 2.25. The third-order valence-corrected chi connectivity index (χ3v) is 6.81. The van der Waals surface area contributed by atoms with Crippen LogP contribution in [0.25, 0.3) is 0 Å². The molecule has 1 aromatic rings. The van der Waals surface area contributed by atoms with Crippen molar-refractivity contribution in [2.24, 2.45) is 5.92 Å². The molecule has 29 heavy (non-hydrogen) atoms. The van der Waals surface area contributed by atoms with E-state index in [1.54, 1.807) is 11.0 Å². The second-order valence-corrected chi connectivity index (χ2v) is 9.88. The van der Waals surface area contributed by atoms with Crippen molar-refractivity contribution in [1.29, 1.82) is 0 Å². The summed E-state index contributed by atoms with van der Waals surface area (Å²) in [6.45, 7) is 5.12. The number of carbonyl (C=O) groups is 2. The van der Waals surface area contributed by atoms with Crippen LogP contribution >= 0.6 is 15.9 Å². The van der Waals surface area contributed by atoms with Crippen LogP contribution in [0.5, 0.6) is 0 Å². The standard InChI is InChI=1S/C19H28BrN3O5S/c1-13(2)22-18(24)14-6-9-23(10-7-14)19(25)16-12-15(4-5-17(16)20)29(26,27)21-8-11-28-3/h4-5,12-14,21H,6-11H2,1-3H3,(H,22,24). The van der Waals surface area contributed by atoms with Gasteiger partial charge >= 0.3 is 0 Å². The largest absolute Gasteiger partial charge is 0.383 e. The van der Waals surface area contributed by atoms with E-state index in [1.807, 2.05) is 13.8 Å². The lowest BCUT2D eigenvalue weighted by Gasteiger charge is -2.32. The van der Waals surface area contributed by atoms with Gasteiger partial charge in [-0.1, -0.05) is 0 Å². The Labute approximate surface area is 180 Å². The Balaban J connectivity index is 2.09. The minimum atomic E-state index is -3.74. The summed E-state index contributed by atoms with van der Waals surface area (Å²) in [6.07, 6.45) is 1.16. The molecule has 0 bridgehead atoms. The first kappa shape index (κ1) is 23.8. The van der Waals surface area contributed by atoms with E-state index in [2.05, 4.69) is 26.0 Å². The Morgan fingerprint density at radius 1 is 1.28 bits per heavy atom. The lowest BCUT2D eigenvalue weighted by atomic mass is 9.95. The van der Waals surface area contributed by atoms with Crippen molar-refractivity contribution in [3.8, 4) is 0 Å². The number of ether oxygens (including phenoxy) is 1. The zero-order valence-corrected chi connectivity index (χ0v) is 19.3. The lowest BCUT2D eigenvalue weighted by Crippen LogP contribution is -2.44. The molecule has 2 rings (SSSR count). The topological polar surface area (TPSA) is 105 Å². The van der Waals surface area contributed by atoms with Crippen molar-refractivity contribution >= 4 is 37.8 Å². The minimum absolute atomic E-state index is 0.0171. The van der Waals surface area contributed by atoms with Crippen LogP contribution in [0.4, 0.5) is 0 Å². The van der Waals surface area contributed by atoms with Gasteiger partial charge in [0.2, 0.25) is 15.9 Å². The molecule has 0 atom stereocenters. The molecule has 0 saturated carbocycles. The van der Waals surface area contributed by atoms with Gasteiger partial charge in [0.1, 0.15) is 0 Å². The molecule has 1 aliphatic rings. The van der Waals surface area contributed by atoms with Crippen LogP contribution in [0.3, 0.4) is 0 Å². The maximum atomic E-state index is 13.0. The minimum Gasteiger partial charge on any atom is -0.383 e. The van der Waals surface area contributed by atoms with E-state index in [-0.39, 0.29) is 47.4 Å². The number of nitrogens with zero attached hydrogens (tertiary/aromatic N) is 1. The summed E-state index contributed by atoms with van der Waals surface area (Å²) >= 11 is 3.34. The number of hydrogen-bond donors (Lipinski definition) is 2. The molecule has 2 amide bonds. The number of halogens is 1. The monoisotopic (exact) mass is 489 g/mol.